The van der Waals surface area contributed by atoms with E-state index in [0.717, 1.165) is 12.0 Å². The molecule has 2 aromatic rings. The van der Waals surface area contributed by atoms with E-state index in [-0.39, 0.29) is 18.5 Å². The summed E-state index contributed by atoms with van der Waals surface area (Å²) in [5.74, 6) is 0.357. The van der Waals surface area contributed by atoms with E-state index in [1.54, 1.807) is 6.07 Å². The summed E-state index contributed by atoms with van der Waals surface area (Å²) in [5, 5.41) is 0.495. The average Bonchev–Trinajstić information content (AvgIpc) is 2.48. The zero-order valence-electron chi connectivity index (χ0n) is 11.3. The highest BCUT2D eigenvalue weighted by Gasteiger charge is 2.06. The molecule has 0 amide bonds. The largest absolute Gasteiger partial charge is 0.489 e. The molecule has 2 rings (SSSR count). The van der Waals surface area contributed by atoms with Gasteiger partial charge in [-0.3, -0.25) is 0 Å². The summed E-state index contributed by atoms with van der Waals surface area (Å²) in [5.41, 5.74) is 7.44. The summed E-state index contributed by atoms with van der Waals surface area (Å²) in [4.78, 5) is 0. The second kappa shape index (κ2) is 6.73. The van der Waals surface area contributed by atoms with Crippen LogP contribution in [0.3, 0.4) is 0 Å². The summed E-state index contributed by atoms with van der Waals surface area (Å²) in [7, 11) is 0. The molecule has 0 aliphatic heterocycles. The molecule has 0 spiro atoms. The van der Waals surface area contributed by atoms with E-state index < -0.39 is 0 Å². The van der Waals surface area contributed by atoms with Crippen molar-refractivity contribution in [2.24, 2.45) is 5.73 Å². The lowest BCUT2D eigenvalue weighted by Gasteiger charge is -2.11. The molecule has 0 saturated carbocycles. The van der Waals surface area contributed by atoms with Crippen LogP contribution in [0.1, 0.15) is 30.5 Å². The van der Waals surface area contributed by atoms with Gasteiger partial charge in [0.1, 0.15) is 18.2 Å². The first kappa shape index (κ1) is 14.8. The van der Waals surface area contributed by atoms with Gasteiger partial charge in [0.05, 0.1) is 0 Å². The molecule has 0 heterocycles. The zero-order chi connectivity index (χ0) is 14.5. The Morgan fingerprint density at radius 2 is 1.90 bits per heavy atom. The number of benzene rings is 2. The number of ether oxygens (including phenoxy) is 1. The van der Waals surface area contributed by atoms with Gasteiger partial charge < -0.3 is 10.5 Å². The number of halogens is 2. The van der Waals surface area contributed by atoms with E-state index in [1.807, 2.05) is 31.2 Å². The number of nitrogens with two attached hydrogens (primary N) is 1. The third-order valence-corrected chi connectivity index (χ3v) is 3.39. The maximum atomic E-state index is 13.5. The Hall–Kier alpha value is -1.58. The summed E-state index contributed by atoms with van der Waals surface area (Å²) in [6, 6.07) is 12.0. The zero-order valence-corrected chi connectivity index (χ0v) is 12.0. The molecule has 2 nitrogen and oxygen atoms in total. The van der Waals surface area contributed by atoms with Crippen molar-refractivity contribution < 1.29 is 9.13 Å². The Bertz CT molecular complexity index is 571. The minimum absolute atomic E-state index is 0.0365. The lowest BCUT2D eigenvalue weighted by atomic mass is 10.1. The van der Waals surface area contributed by atoms with Crippen LogP contribution in [0.5, 0.6) is 5.75 Å². The molecule has 1 unspecified atom stereocenters. The third kappa shape index (κ3) is 3.71. The van der Waals surface area contributed by atoms with Crippen LogP contribution in [-0.2, 0) is 6.61 Å². The molecular formula is C16H17ClFNO. The average molecular weight is 294 g/mol. The highest BCUT2D eigenvalue weighted by atomic mass is 35.5. The monoisotopic (exact) mass is 293 g/mol. The van der Waals surface area contributed by atoms with Gasteiger partial charge in [0, 0.05) is 16.6 Å². The van der Waals surface area contributed by atoms with Gasteiger partial charge in [0.15, 0.2) is 0 Å². The first-order valence-electron chi connectivity index (χ1n) is 6.52. The molecule has 0 fully saturated rings. The first-order valence-corrected chi connectivity index (χ1v) is 6.90. The van der Waals surface area contributed by atoms with Crippen molar-refractivity contribution in [1.82, 2.24) is 0 Å². The van der Waals surface area contributed by atoms with E-state index >= 15 is 0 Å². The highest BCUT2D eigenvalue weighted by Crippen LogP contribution is 2.20. The Kier molecular flexibility index (Phi) is 4.99. The fraction of sp³-hybridized carbons (Fsp3) is 0.250. The maximum absolute atomic E-state index is 13.5. The maximum Gasteiger partial charge on any atom is 0.129 e. The third-order valence-electron chi connectivity index (χ3n) is 3.15. The van der Waals surface area contributed by atoms with Crippen LogP contribution in [0.15, 0.2) is 42.5 Å². The van der Waals surface area contributed by atoms with E-state index in [9.17, 15) is 4.39 Å². The van der Waals surface area contributed by atoms with Gasteiger partial charge >= 0.3 is 0 Å². The van der Waals surface area contributed by atoms with Crippen molar-refractivity contribution in [3.05, 3.63) is 64.4 Å². The van der Waals surface area contributed by atoms with Crippen molar-refractivity contribution in [2.75, 3.05) is 0 Å². The van der Waals surface area contributed by atoms with Crippen LogP contribution < -0.4 is 10.5 Å². The van der Waals surface area contributed by atoms with Crippen LogP contribution in [0.2, 0.25) is 5.02 Å². The van der Waals surface area contributed by atoms with E-state index in [0.29, 0.717) is 16.3 Å². The van der Waals surface area contributed by atoms with E-state index in [2.05, 4.69) is 0 Å². The molecule has 2 N–H and O–H groups in total. The molecule has 0 aliphatic rings. The van der Waals surface area contributed by atoms with Gasteiger partial charge in [-0.05, 0) is 42.3 Å². The fourth-order valence-corrected chi connectivity index (χ4v) is 2.06. The van der Waals surface area contributed by atoms with Gasteiger partial charge in [0.2, 0.25) is 0 Å². The first-order chi connectivity index (χ1) is 9.60. The quantitative estimate of drug-likeness (QED) is 0.883. The van der Waals surface area contributed by atoms with Crippen molar-refractivity contribution >= 4 is 11.6 Å². The van der Waals surface area contributed by atoms with Crippen LogP contribution in [-0.4, -0.2) is 0 Å². The molecule has 0 radical (unpaired) electrons. The molecule has 0 aromatic heterocycles. The standard InChI is InChI=1S/C16H17ClFNO/c1-2-16(19)11-3-6-14(7-4-11)20-10-12-9-13(17)5-8-15(12)18/h3-9,16H,2,10,19H2,1H3. The summed E-state index contributed by atoms with van der Waals surface area (Å²) < 4.78 is 19.1. The van der Waals surface area contributed by atoms with Crippen molar-refractivity contribution in [2.45, 2.75) is 26.0 Å². The van der Waals surface area contributed by atoms with Gasteiger partial charge in [-0.2, -0.15) is 0 Å². The molecule has 106 valence electrons. The highest BCUT2D eigenvalue weighted by molar-refractivity contribution is 6.30. The van der Waals surface area contributed by atoms with Gasteiger partial charge in [0.25, 0.3) is 0 Å². The number of rotatable bonds is 5. The number of hydrogen-bond acceptors (Lipinski definition) is 2. The van der Waals surface area contributed by atoms with Crippen LogP contribution in [0.25, 0.3) is 0 Å². The van der Waals surface area contributed by atoms with Gasteiger partial charge in [-0.1, -0.05) is 30.7 Å². The van der Waals surface area contributed by atoms with Crippen molar-refractivity contribution in [1.29, 1.82) is 0 Å². The lowest BCUT2D eigenvalue weighted by molar-refractivity contribution is 0.299. The molecule has 0 aliphatic carbocycles. The Morgan fingerprint density at radius 3 is 2.55 bits per heavy atom. The summed E-state index contributed by atoms with van der Waals surface area (Å²) in [6.07, 6.45) is 0.883. The summed E-state index contributed by atoms with van der Waals surface area (Å²) >= 11 is 5.83. The molecule has 20 heavy (non-hydrogen) atoms. The Labute approximate surface area is 123 Å². The normalized spacial score (nSPS) is 12.2. The fourth-order valence-electron chi connectivity index (χ4n) is 1.86. The molecule has 0 saturated heterocycles. The van der Waals surface area contributed by atoms with E-state index in [4.69, 9.17) is 22.1 Å². The molecule has 2 aromatic carbocycles. The van der Waals surface area contributed by atoms with Gasteiger partial charge in [-0.15, -0.1) is 0 Å². The summed E-state index contributed by atoms with van der Waals surface area (Å²) in [6.45, 7) is 2.18. The molecule has 0 bridgehead atoms. The van der Waals surface area contributed by atoms with Crippen LogP contribution >= 0.6 is 11.6 Å². The van der Waals surface area contributed by atoms with Crippen LogP contribution in [0.4, 0.5) is 4.39 Å². The van der Waals surface area contributed by atoms with Crippen LogP contribution in [0, 0.1) is 5.82 Å². The predicted molar refractivity (Wildman–Crippen MR) is 79.4 cm³/mol. The SMILES string of the molecule is CCC(N)c1ccc(OCc2cc(Cl)ccc2F)cc1. The Balaban J connectivity index is 2.02. The van der Waals surface area contributed by atoms with Crippen molar-refractivity contribution in [3.63, 3.8) is 0 Å². The minimum Gasteiger partial charge on any atom is -0.489 e. The lowest BCUT2D eigenvalue weighted by Crippen LogP contribution is -2.08. The topological polar surface area (TPSA) is 35.2 Å². The minimum atomic E-state index is -0.320. The molecule has 4 heteroatoms. The number of hydrogen-bond donors (Lipinski definition) is 1. The second-order valence-corrected chi connectivity index (χ2v) is 5.04. The smallest absolute Gasteiger partial charge is 0.129 e. The molecular weight excluding hydrogens is 277 g/mol. The predicted octanol–water partition coefficient (Wildman–Crippen LogP) is 4.47. The van der Waals surface area contributed by atoms with E-state index in [1.165, 1.54) is 12.1 Å². The Morgan fingerprint density at radius 1 is 1.20 bits per heavy atom. The van der Waals surface area contributed by atoms with Crippen molar-refractivity contribution in [3.8, 4) is 5.75 Å². The van der Waals surface area contributed by atoms with Gasteiger partial charge in [-0.25, -0.2) is 4.39 Å². The second-order valence-electron chi connectivity index (χ2n) is 4.61. The molecule has 1 atom stereocenters.